The fourth-order valence-corrected chi connectivity index (χ4v) is 2.98. The van der Waals surface area contributed by atoms with Gasteiger partial charge < -0.3 is 10.2 Å². The quantitative estimate of drug-likeness (QED) is 0.901. The lowest BCUT2D eigenvalue weighted by atomic mass is 10.3. The Morgan fingerprint density at radius 1 is 1.44 bits per heavy atom. The Morgan fingerprint density at radius 2 is 2.28 bits per heavy atom. The minimum absolute atomic E-state index is 0.477. The molecule has 1 unspecified atom stereocenters. The predicted molar refractivity (Wildman–Crippen MR) is 78.1 cm³/mol. The number of thioether (sulfide) groups is 1. The molecule has 18 heavy (non-hydrogen) atoms. The van der Waals surface area contributed by atoms with Gasteiger partial charge in [0.25, 0.3) is 0 Å². The fraction of sp³-hybridized carbons (Fsp3) is 0.692. The molecular weight excluding hydrogens is 244 g/mol. The van der Waals surface area contributed by atoms with Crippen molar-refractivity contribution in [1.29, 1.82) is 0 Å². The average Bonchev–Trinajstić information content (AvgIpc) is 2.38. The third-order valence-electron chi connectivity index (χ3n) is 3.05. The van der Waals surface area contributed by atoms with Crippen LogP contribution < -0.4 is 10.2 Å². The molecule has 5 heteroatoms. The van der Waals surface area contributed by atoms with Gasteiger partial charge in [0.2, 0.25) is 0 Å². The summed E-state index contributed by atoms with van der Waals surface area (Å²) in [7, 11) is 0. The Hall–Kier alpha value is -0.810. The van der Waals surface area contributed by atoms with Gasteiger partial charge in [-0.2, -0.15) is 11.8 Å². The van der Waals surface area contributed by atoms with Crippen molar-refractivity contribution in [2.45, 2.75) is 39.4 Å². The van der Waals surface area contributed by atoms with Gasteiger partial charge in [0.1, 0.15) is 5.82 Å². The summed E-state index contributed by atoms with van der Waals surface area (Å²) in [6, 6.07) is 1.03. The van der Waals surface area contributed by atoms with Gasteiger partial charge in [-0.15, -0.1) is 0 Å². The average molecular weight is 266 g/mol. The minimum atomic E-state index is 0.477. The smallest absolute Gasteiger partial charge is 0.147 e. The maximum atomic E-state index is 4.54. The zero-order chi connectivity index (χ0) is 13.0. The molecule has 0 spiro atoms. The third kappa shape index (κ3) is 3.59. The van der Waals surface area contributed by atoms with E-state index < -0.39 is 0 Å². The first-order valence-corrected chi connectivity index (χ1v) is 7.71. The Bertz CT molecular complexity index is 366. The van der Waals surface area contributed by atoms with Gasteiger partial charge >= 0.3 is 0 Å². The molecule has 1 aromatic heterocycles. The summed E-state index contributed by atoms with van der Waals surface area (Å²) in [4.78, 5) is 11.4. The van der Waals surface area contributed by atoms with Gasteiger partial charge in [-0.3, -0.25) is 4.98 Å². The van der Waals surface area contributed by atoms with Crippen molar-refractivity contribution in [3.63, 3.8) is 0 Å². The summed E-state index contributed by atoms with van der Waals surface area (Å²) in [5.41, 5.74) is 1.01. The van der Waals surface area contributed by atoms with Crippen LogP contribution in [0.25, 0.3) is 0 Å². The van der Waals surface area contributed by atoms with Crippen LogP contribution in [-0.4, -0.2) is 40.1 Å². The molecule has 0 saturated carbocycles. The van der Waals surface area contributed by atoms with Crippen LogP contribution in [0.15, 0.2) is 12.4 Å². The SMILES string of the molecule is CC(C)NCc1cnc(N2CCSCC2C)cn1. The van der Waals surface area contributed by atoms with Crippen molar-refractivity contribution < 1.29 is 0 Å². The van der Waals surface area contributed by atoms with Gasteiger partial charge in [0.05, 0.1) is 18.1 Å². The first-order valence-electron chi connectivity index (χ1n) is 6.55. The maximum absolute atomic E-state index is 4.54. The summed E-state index contributed by atoms with van der Waals surface area (Å²) in [5, 5.41) is 3.35. The third-order valence-corrected chi connectivity index (χ3v) is 4.23. The normalized spacial score (nSPS) is 20.4. The summed E-state index contributed by atoms with van der Waals surface area (Å²) < 4.78 is 0. The van der Waals surface area contributed by atoms with E-state index in [0.29, 0.717) is 12.1 Å². The molecule has 1 aliphatic rings. The largest absolute Gasteiger partial charge is 0.351 e. The van der Waals surface area contributed by atoms with Crippen molar-refractivity contribution >= 4 is 17.6 Å². The van der Waals surface area contributed by atoms with Crippen LogP contribution in [0, 0.1) is 0 Å². The molecule has 1 fully saturated rings. The van der Waals surface area contributed by atoms with E-state index >= 15 is 0 Å². The molecule has 0 radical (unpaired) electrons. The zero-order valence-corrected chi connectivity index (χ0v) is 12.2. The van der Waals surface area contributed by atoms with Crippen molar-refractivity contribution in [1.82, 2.24) is 15.3 Å². The second-order valence-corrected chi connectivity index (χ2v) is 6.17. The van der Waals surface area contributed by atoms with E-state index in [9.17, 15) is 0 Å². The van der Waals surface area contributed by atoms with Crippen LogP contribution in [0.1, 0.15) is 26.5 Å². The second-order valence-electron chi connectivity index (χ2n) is 5.02. The molecule has 0 aliphatic carbocycles. The lowest BCUT2D eigenvalue weighted by molar-refractivity contribution is 0.579. The molecule has 0 amide bonds. The fourth-order valence-electron chi connectivity index (χ4n) is 1.96. The van der Waals surface area contributed by atoms with E-state index in [2.05, 4.69) is 41.0 Å². The van der Waals surface area contributed by atoms with Crippen LogP contribution in [0.3, 0.4) is 0 Å². The van der Waals surface area contributed by atoms with E-state index in [-0.39, 0.29) is 0 Å². The Labute approximate surface area is 114 Å². The van der Waals surface area contributed by atoms with Crippen molar-refractivity contribution in [3.05, 3.63) is 18.1 Å². The number of anilines is 1. The lowest BCUT2D eigenvalue weighted by Crippen LogP contribution is -2.41. The standard InChI is InChI=1S/C13H22N4S/c1-10(2)14-6-12-7-16-13(8-15-12)17-4-5-18-9-11(17)3/h7-8,10-11,14H,4-6,9H2,1-3H3. The van der Waals surface area contributed by atoms with E-state index in [0.717, 1.165) is 24.6 Å². The van der Waals surface area contributed by atoms with Crippen LogP contribution in [-0.2, 0) is 6.54 Å². The highest BCUT2D eigenvalue weighted by Gasteiger charge is 2.19. The maximum Gasteiger partial charge on any atom is 0.147 e. The molecule has 100 valence electrons. The molecule has 0 bridgehead atoms. The number of hydrogen-bond donors (Lipinski definition) is 1. The van der Waals surface area contributed by atoms with Gasteiger partial charge in [0, 0.05) is 36.7 Å². The highest BCUT2D eigenvalue weighted by atomic mass is 32.2. The Kier molecular flexibility index (Phi) is 4.83. The van der Waals surface area contributed by atoms with E-state index in [4.69, 9.17) is 0 Å². The summed E-state index contributed by atoms with van der Waals surface area (Å²) >= 11 is 2.02. The lowest BCUT2D eigenvalue weighted by Gasteiger charge is -2.33. The minimum Gasteiger partial charge on any atom is -0.351 e. The highest BCUT2D eigenvalue weighted by molar-refractivity contribution is 7.99. The molecule has 0 aromatic carbocycles. The first kappa shape index (κ1) is 13.6. The molecule has 1 N–H and O–H groups in total. The Morgan fingerprint density at radius 3 is 2.89 bits per heavy atom. The molecule has 1 aliphatic heterocycles. The second kappa shape index (κ2) is 6.38. The van der Waals surface area contributed by atoms with Crippen LogP contribution in [0.4, 0.5) is 5.82 Å². The van der Waals surface area contributed by atoms with E-state index in [1.165, 1.54) is 11.5 Å². The molecule has 1 aromatic rings. The van der Waals surface area contributed by atoms with Crippen LogP contribution in [0.5, 0.6) is 0 Å². The van der Waals surface area contributed by atoms with E-state index in [1.54, 1.807) is 0 Å². The molecule has 4 nitrogen and oxygen atoms in total. The van der Waals surface area contributed by atoms with E-state index in [1.807, 2.05) is 24.2 Å². The number of hydrogen-bond acceptors (Lipinski definition) is 5. The first-order chi connectivity index (χ1) is 8.66. The molecule has 1 atom stereocenters. The molecule has 1 saturated heterocycles. The Balaban J connectivity index is 1.98. The van der Waals surface area contributed by atoms with Crippen molar-refractivity contribution in [2.75, 3.05) is 23.0 Å². The molecule has 2 heterocycles. The molecular formula is C13H22N4S. The van der Waals surface area contributed by atoms with Crippen LogP contribution >= 0.6 is 11.8 Å². The summed E-state index contributed by atoms with van der Waals surface area (Å²) in [6.07, 6.45) is 3.79. The number of aromatic nitrogens is 2. The van der Waals surface area contributed by atoms with Gasteiger partial charge in [0.15, 0.2) is 0 Å². The summed E-state index contributed by atoms with van der Waals surface area (Å²) in [6.45, 7) is 8.38. The molecule has 2 rings (SSSR count). The topological polar surface area (TPSA) is 41.1 Å². The number of nitrogens with one attached hydrogen (secondary N) is 1. The number of nitrogens with zero attached hydrogens (tertiary/aromatic N) is 3. The zero-order valence-electron chi connectivity index (χ0n) is 11.4. The monoisotopic (exact) mass is 266 g/mol. The van der Waals surface area contributed by atoms with Crippen molar-refractivity contribution in [2.24, 2.45) is 0 Å². The predicted octanol–water partition coefficient (Wildman–Crippen LogP) is 1.92. The van der Waals surface area contributed by atoms with Gasteiger partial charge in [-0.1, -0.05) is 13.8 Å². The highest BCUT2D eigenvalue weighted by Crippen LogP contribution is 2.21. The van der Waals surface area contributed by atoms with Crippen molar-refractivity contribution in [3.8, 4) is 0 Å². The van der Waals surface area contributed by atoms with Gasteiger partial charge in [-0.25, -0.2) is 4.98 Å². The van der Waals surface area contributed by atoms with Crippen LogP contribution in [0.2, 0.25) is 0 Å². The number of rotatable bonds is 4. The summed E-state index contributed by atoms with van der Waals surface area (Å²) in [5.74, 6) is 3.37. The van der Waals surface area contributed by atoms with Gasteiger partial charge in [-0.05, 0) is 6.92 Å².